The second-order valence-electron chi connectivity index (χ2n) is 5.99. The summed E-state index contributed by atoms with van der Waals surface area (Å²) in [6.45, 7) is 8.85. The van der Waals surface area contributed by atoms with Gasteiger partial charge in [-0.1, -0.05) is 13.8 Å². The number of carbonyl (C=O) groups excluding carboxylic acids is 2. The van der Waals surface area contributed by atoms with Crippen molar-refractivity contribution in [1.82, 2.24) is 10.2 Å². The number of rotatable bonds is 6. The van der Waals surface area contributed by atoms with E-state index >= 15 is 0 Å². The lowest BCUT2D eigenvalue weighted by Crippen LogP contribution is -2.51. The molecule has 1 fully saturated rings. The molecular formula is C14H28ClN3O2. The Morgan fingerprint density at radius 3 is 2.45 bits per heavy atom. The van der Waals surface area contributed by atoms with Gasteiger partial charge in [0.1, 0.15) is 0 Å². The second-order valence-corrected chi connectivity index (χ2v) is 5.99. The van der Waals surface area contributed by atoms with Gasteiger partial charge in [-0.05, 0) is 26.7 Å². The van der Waals surface area contributed by atoms with Gasteiger partial charge in [-0.25, -0.2) is 0 Å². The molecular weight excluding hydrogens is 278 g/mol. The van der Waals surface area contributed by atoms with Crippen molar-refractivity contribution in [3.63, 3.8) is 0 Å². The molecule has 1 aliphatic heterocycles. The molecule has 1 saturated heterocycles. The molecule has 0 bridgehead atoms. The van der Waals surface area contributed by atoms with Crippen LogP contribution in [0.2, 0.25) is 0 Å². The zero-order chi connectivity index (χ0) is 14.6. The summed E-state index contributed by atoms with van der Waals surface area (Å²) in [4.78, 5) is 26.0. The van der Waals surface area contributed by atoms with Crippen LogP contribution in [0.5, 0.6) is 0 Å². The quantitative estimate of drug-likeness (QED) is 0.776. The maximum Gasteiger partial charge on any atom is 0.225 e. The third-order valence-electron chi connectivity index (χ3n) is 3.88. The molecule has 0 aliphatic carbocycles. The van der Waals surface area contributed by atoms with Crippen LogP contribution in [0.25, 0.3) is 0 Å². The molecule has 118 valence electrons. The molecule has 2 amide bonds. The molecule has 0 spiro atoms. The number of amides is 2. The first kappa shape index (κ1) is 19.2. The minimum atomic E-state index is -0.414. The summed E-state index contributed by atoms with van der Waals surface area (Å²) in [5.74, 6) is -0.199. The van der Waals surface area contributed by atoms with Gasteiger partial charge in [0.2, 0.25) is 11.8 Å². The van der Waals surface area contributed by atoms with Crippen molar-refractivity contribution in [1.29, 1.82) is 0 Å². The fourth-order valence-electron chi connectivity index (χ4n) is 2.48. The molecule has 0 radical (unpaired) electrons. The van der Waals surface area contributed by atoms with E-state index < -0.39 is 5.54 Å². The van der Waals surface area contributed by atoms with Crippen molar-refractivity contribution < 1.29 is 9.59 Å². The van der Waals surface area contributed by atoms with Gasteiger partial charge >= 0.3 is 0 Å². The van der Waals surface area contributed by atoms with Gasteiger partial charge in [0.05, 0.1) is 5.92 Å². The zero-order valence-corrected chi connectivity index (χ0v) is 13.8. The Kier molecular flexibility index (Phi) is 7.52. The van der Waals surface area contributed by atoms with E-state index in [1.807, 2.05) is 18.7 Å². The molecule has 1 heterocycles. The second kappa shape index (κ2) is 7.84. The van der Waals surface area contributed by atoms with E-state index in [2.05, 4.69) is 19.2 Å². The SMILES string of the molecule is CCC(CC)N1CC(C(=O)NC(C)(C)CN)CC1=O.Cl. The van der Waals surface area contributed by atoms with E-state index in [1.165, 1.54) is 0 Å². The van der Waals surface area contributed by atoms with Crippen molar-refractivity contribution in [3.05, 3.63) is 0 Å². The van der Waals surface area contributed by atoms with Crippen LogP contribution >= 0.6 is 12.4 Å². The van der Waals surface area contributed by atoms with Gasteiger partial charge in [0.15, 0.2) is 0 Å². The highest BCUT2D eigenvalue weighted by atomic mass is 35.5. The van der Waals surface area contributed by atoms with Crippen LogP contribution in [0.1, 0.15) is 47.0 Å². The number of carbonyl (C=O) groups is 2. The molecule has 5 nitrogen and oxygen atoms in total. The average molecular weight is 306 g/mol. The number of nitrogens with zero attached hydrogens (tertiary/aromatic N) is 1. The number of nitrogens with one attached hydrogen (secondary N) is 1. The first-order chi connectivity index (χ1) is 8.84. The van der Waals surface area contributed by atoms with Gasteiger partial charge < -0.3 is 16.0 Å². The van der Waals surface area contributed by atoms with Crippen molar-refractivity contribution in [3.8, 4) is 0 Å². The molecule has 1 rings (SSSR count). The van der Waals surface area contributed by atoms with Crippen molar-refractivity contribution in [2.24, 2.45) is 11.7 Å². The fraction of sp³-hybridized carbons (Fsp3) is 0.857. The van der Waals surface area contributed by atoms with E-state index in [-0.39, 0.29) is 36.2 Å². The van der Waals surface area contributed by atoms with Gasteiger partial charge in [0.25, 0.3) is 0 Å². The first-order valence-electron chi connectivity index (χ1n) is 7.16. The highest BCUT2D eigenvalue weighted by molar-refractivity contribution is 5.89. The molecule has 3 N–H and O–H groups in total. The van der Waals surface area contributed by atoms with Crippen LogP contribution in [0, 0.1) is 5.92 Å². The van der Waals surface area contributed by atoms with Crippen molar-refractivity contribution >= 4 is 24.2 Å². The Labute approximate surface area is 128 Å². The Morgan fingerprint density at radius 2 is 2.00 bits per heavy atom. The predicted molar refractivity (Wildman–Crippen MR) is 82.7 cm³/mol. The third kappa shape index (κ3) is 4.63. The molecule has 6 heteroatoms. The van der Waals surface area contributed by atoms with E-state index in [0.717, 1.165) is 12.8 Å². The molecule has 1 unspecified atom stereocenters. The normalized spacial score (nSPS) is 19.2. The minimum absolute atomic E-state index is 0. The van der Waals surface area contributed by atoms with E-state index in [9.17, 15) is 9.59 Å². The van der Waals surface area contributed by atoms with E-state index in [4.69, 9.17) is 5.73 Å². The topological polar surface area (TPSA) is 75.4 Å². The lowest BCUT2D eigenvalue weighted by Gasteiger charge is -2.28. The molecule has 0 aromatic rings. The zero-order valence-electron chi connectivity index (χ0n) is 12.9. The number of halogens is 1. The molecule has 0 saturated carbocycles. The van der Waals surface area contributed by atoms with Crippen LogP contribution < -0.4 is 11.1 Å². The summed E-state index contributed by atoms with van der Waals surface area (Å²) < 4.78 is 0. The fourth-order valence-corrected chi connectivity index (χ4v) is 2.48. The summed E-state index contributed by atoms with van der Waals surface area (Å²) >= 11 is 0. The van der Waals surface area contributed by atoms with Crippen LogP contribution in [-0.4, -0.2) is 41.4 Å². The molecule has 0 aromatic heterocycles. The average Bonchev–Trinajstić information content (AvgIpc) is 2.73. The van der Waals surface area contributed by atoms with Gasteiger partial charge in [-0.15, -0.1) is 12.4 Å². The molecule has 0 aromatic carbocycles. The number of hydrogen-bond donors (Lipinski definition) is 2. The van der Waals surface area contributed by atoms with E-state index in [0.29, 0.717) is 19.5 Å². The Hall–Kier alpha value is -0.810. The maximum absolute atomic E-state index is 12.2. The summed E-state index contributed by atoms with van der Waals surface area (Å²) in [6, 6.07) is 0.257. The summed E-state index contributed by atoms with van der Waals surface area (Å²) in [5, 5.41) is 2.92. The lowest BCUT2D eigenvalue weighted by atomic mass is 10.0. The summed E-state index contributed by atoms with van der Waals surface area (Å²) in [5.41, 5.74) is 5.19. The lowest BCUT2D eigenvalue weighted by molar-refractivity contribution is -0.130. The first-order valence-corrected chi connectivity index (χ1v) is 7.16. The Bertz CT molecular complexity index is 343. The van der Waals surface area contributed by atoms with E-state index in [1.54, 1.807) is 0 Å². The third-order valence-corrected chi connectivity index (χ3v) is 3.88. The number of hydrogen-bond acceptors (Lipinski definition) is 3. The van der Waals surface area contributed by atoms with Crippen molar-refractivity contribution in [2.45, 2.75) is 58.5 Å². The van der Waals surface area contributed by atoms with Gasteiger partial charge in [-0.3, -0.25) is 9.59 Å². The predicted octanol–water partition coefficient (Wildman–Crippen LogP) is 1.30. The molecule has 1 atom stereocenters. The number of likely N-dealkylation sites (tertiary alicyclic amines) is 1. The number of nitrogens with two attached hydrogens (primary N) is 1. The van der Waals surface area contributed by atoms with Gasteiger partial charge in [0, 0.05) is 31.1 Å². The molecule has 1 aliphatic rings. The monoisotopic (exact) mass is 305 g/mol. The summed E-state index contributed by atoms with van der Waals surface area (Å²) in [6.07, 6.45) is 2.19. The molecule has 20 heavy (non-hydrogen) atoms. The highest BCUT2D eigenvalue weighted by Gasteiger charge is 2.37. The summed E-state index contributed by atoms with van der Waals surface area (Å²) in [7, 11) is 0. The Morgan fingerprint density at radius 1 is 1.45 bits per heavy atom. The van der Waals surface area contributed by atoms with Crippen LogP contribution in [0.3, 0.4) is 0 Å². The maximum atomic E-state index is 12.2. The highest BCUT2D eigenvalue weighted by Crippen LogP contribution is 2.23. The largest absolute Gasteiger partial charge is 0.350 e. The van der Waals surface area contributed by atoms with Crippen molar-refractivity contribution in [2.75, 3.05) is 13.1 Å². The smallest absolute Gasteiger partial charge is 0.225 e. The van der Waals surface area contributed by atoms with Crippen LogP contribution in [-0.2, 0) is 9.59 Å². The Balaban J connectivity index is 0.00000361. The van der Waals surface area contributed by atoms with Crippen LogP contribution in [0.4, 0.5) is 0 Å². The minimum Gasteiger partial charge on any atom is -0.350 e. The van der Waals surface area contributed by atoms with Crippen LogP contribution in [0.15, 0.2) is 0 Å². The van der Waals surface area contributed by atoms with Gasteiger partial charge in [-0.2, -0.15) is 0 Å². The standard InChI is InChI=1S/C14H27N3O2.ClH/c1-5-11(6-2)17-8-10(7-12(17)18)13(19)16-14(3,4)9-15;/h10-11H,5-9,15H2,1-4H3,(H,16,19);1H.